The Balaban J connectivity index is 3.28. The number of aryl methyl sites for hydroxylation is 1. The molecule has 1 aromatic rings. The summed E-state index contributed by atoms with van der Waals surface area (Å²) in [6, 6.07) is 3.34. The van der Waals surface area contributed by atoms with Crippen LogP contribution in [0.5, 0.6) is 0 Å². The molecule has 0 aliphatic carbocycles. The number of hydrogen-bond acceptors (Lipinski definition) is 3. The first-order valence-electron chi connectivity index (χ1n) is 3.70. The molecule has 4 heteroatoms. The highest BCUT2D eigenvalue weighted by Crippen LogP contribution is 2.25. The molecular formula is C9H10ClNO2. The summed E-state index contributed by atoms with van der Waals surface area (Å²) in [6.07, 6.45) is 0. The van der Waals surface area contributed by atoms with Crippen LogP contribution in [0.25, 0.3) is 0 Å². The molecule has 0 aliphatic rings. The molecule has 1 aromatic carbocycles. The van der Waals surface area contributed by atoms with E-state index >= 15 is 0 Å². The highest BCUT2D eigenvalue weighted by molar-refractivity contribution is 6.34. The lowest BCUT2D eigenvalue weighted by molar-refractivity contribution is 0.0602. The third-order valence-electron chi connectivity index (χ3n) is 1.68. The van der Waals surface area contributed by atoms with Gasteiger partial charge in [-0.2, -0.15) is 0 Å². The first kappa shape index (κ1) is 9.86. The highest BCUT2D eigenvalue weighted by Gasteiger charge is 2.12. The molecule has 1 rings (SSSR count). The van der Waals surface area contributed by atoms with E-state index in [0.29, 0.717) is 10.6 Å². The van der Waals surface area contributed by atoms with Gasteiger partial charge in [0.2, 0.25) is 0 Å². The number of nitrogens with two attached hydrogens (primary N) is 1. The van der Waals surface area contributed by atoms with Crippen LogP contribution in [0, 0.1) is 6.92 Å². The zero-order valence-electron chi connectivity index (χ0n) is 7.43. The fraction of sp³-hybridized carbons (Fsp3) is 0.222. The number of esters is 1. The van der Waals surface area contributed by atoms with E-state index in [1.165, 1.54) is 7.11 Å². The van der Waals surface area contributed by atoms with E-state index in [1.807, 2.05) is 6.92 Å². The van der Waals surface area contributed by atoms with Crippen molar-refractivity contribution in [1.82, 2.24) is 0 Å². The second kappa shape index (κ2) is 3.66. The molecule has 0 spiro atoms. The lowest BCUT2D eigenvalue weighted by Gasteiger charge is -2.06. The minimum absolute atomic E-state index is 0.263. The van der Waals surface area contributed by atoms with Crippen molar-refractivity contribution in [2.75, 3.05) is 12.8 Å². The molecule has 0 saturated heterocycles. The third-order valence-corrected chi connectivity index (χ3v) is 1.99. The summed E-state index contributed by atoms with van der Waals surface area (Å²) >= 11 is 5.79. The molecule has 0 fully saturated rings. The van der Waals surface area contributed by atoms with Gasteiger partial charge >= 0.3 is 5.97 Å². The molecule has 70 valence electrons. The van der Waals surface area contributed by atoms with Gasteiger partial charge in [0, 0.05) is 0 Å². The summed E-state index contributed by atoms with van der Waals surface area (Å²) < 4.78 is 4.55. The fourth-order valence-corrected chi connectivity index (χ4v) is 1.31. The second-order valence-electron chi connectivity index (χ2n) is 2.70. The summed E-state index contributed by atoms with van der Waals surface area (Å²) in [6.45, 7) is 1.83. The Hall–Kier alpha value is -1.22. The molecule has 0 heterocycles. The number of nitrogen functional groups attached to an aromatic ring is 1. The van der Waals surface area contributed by atoms with Crippen LogP contribution >= 0.6 is 11.6 Å². The van der Waals surface area contributed by atoms with E-state index in [4.69, 9.17) is 17.3 Å². The van der Waals surface area contributed by atoms with Crippen LogP contribution in [0.15, 0.2) is 12.1 Å². The molecular weight excluding hydrogens is 190 g/mol. The standard InChI is InChI=1S/C9H10ClNO2/c1-5-3-6(9(12)13-2)8(11)7(10)4-5/h3-4H,11H2,1-2H3. The third kappa shape index (κ3) is 1.92. The lowest BCUT2D eigenvalue weighted by Crippen LogP contribution is -2.06. The van der Waals surface area contributed by atoms with Gasteiger partial charge in [-0.3, -0.25) is 0 Å². The van der Waals surface area contributed by atoms with Crippen LogP contribution < -0.4 is 5.73 Å². The van der Waals surface area contributed by atoms with Crippen molar-refractivity contribution in [3.63, 3.8) is 0 Å². The molecule has 0 aliphatic heterocycles. The van der Waals surface area contributed by atoms with Crippen molar-refractivity contribution in [3.8, 4) is 0 Å². The molecule has 0 amide bonds. The predicted molar refractivity (Wildman–Crippen MR) is 51.9 cm³/mol. The Morgan fingerprint density at radius 1 is 1.54 bits per heavy atom. The smallest absolute Gasteiger partial charge is 0.340 e. The van der Waals surface area contributed by atoms with Gasteiger partial charge in [0.25, 0.3) is 0 Å². The van der Waals surface area contributed by atoms with Crippen LogP contribution in [0.3, 0.4) is 0 Å². The number of anilines is 1. The van der Waals surface area contributed by atoms with Crippen molar-refractivity contribution in [2.24, 2.45) is 0 Å². The highest BCUT2D eigenvalue weighted by atomic mass is 35.5. The van der Waals surface area contributed by atoms with E-state index in [1.54, 1.807) is 12.1 Å². The summed E-state index contributed by atoms with van der Waals surface area (Å²) in [5.74, 6) is -0.469. The average Bonchev–Trinajstić information content (AvgIpc) is 2.10. The Morgan fingerprint density at radius 3 is 2.69 bits per heavy atom. The molecule has 0 saturated carbocycles. The maximum atomic E-state index is 11.2. The number of rotatable bonds is 1. The number of carbonyl (C=O) groups excluding carboxylic acids is 1. The Kier molecular flexibility index (Phi) is 2.78. The number of benzene rings is 1. The minimum atomic E-state index is -0.469. The fourth-order valence-electron chi connectivity index (χ4n) is 1.03. The van der Waals surface area contributed by atoms with E-state index in [-0.39, 0.29) is 5.69 Å². The van der Waals surface area contributed by atoms with Gasteiger partial charge < -0.3 is 10.5 Å². The van der Waals surface area contributed by atoms with Gasteiger partial charge in [-0.1, -0.05) is 11.6 Å². The van der Waals surface area contributed by atoms with Gasteiger partial charge in [-0.15, -0.1) is 0 Å². The lowest BCUT2D eigenvalue weighted by atomic mass is 10.1. The maximum Gasteiger partial charge on any atom is 0.340 e. The van der Waals surface area contributed by atoms with Gasteiger partial charge in [-0.05, 0) is 24.6 Å². The molecule has 0 aromatic heterocycles. The molecule has 13 heavy (non-hydrogen) atoms. The van der Waals surface area contributed by atoms with Crippen LogP contribution in [-0.4, -0.2) is 13.1 Å². The number of methoxy groups -OCH3 is 1. The Bertz CT molecular complexity index is 350. The zero-order chi connectivity index (χ0) is 10.0. The molecule has 0 atom stereocenters. The Morgan fingerprint density at radius 2 is 2.15 bits per heavy atom. The average molecular weight is 200 g/mol. The van der Waals surface area contributed by atoms with E-state index in [2.05, 4.69) is 4.74 Å². The molecule has 0 radical (unpaired) electrons. The first-order valence-corrected chi connectivity index (χ1v) is 4.08. The predicted octanol–water partition coefficient (Wildman–Crippen LogP) is 2.02. The van der Waals surface area contributed by atoms with Crippen molar-refractivity contribution in [1.29, 1.82) is 0 Å². The molecule has 0 unspecified atom stereocenters. The topological polar surface area (TPSA) is 52.3 Å². The van der Waals surface area contributed by atoms with Crippen LogP contribution in [0.2, 0.25) is 5.02 Å². The number of carbonyl (C=O) groups is 1. The van der Waals surface area contributed by atoms with Crippen molar-refractivity contribution in [2.45, 2.75) is 6.92 Å². The van der Waals surface area contributed by atoms with Gasteiger partial charge in [0.1, 0.15) is 0 Å². The van der Waals surface area contributed by atoms with E-state index in [0.717, 1.165) is 5.56 Å². The summed E-state index contributed by atoms with van der Waals surface area (Å²) in [5, 5.41) is 0.375. The summed E-state index contributed by atoms with van der Waals surface area (Å²) in [4.78, 5) is 11.2. The largest absolute Gasteiger partial charge is 0.465 e. The Labute approximate surface area is 81.4 Å². The molecule has 0 bridgehead atoms. The second-order valence-corrected chi connectivity index (χ2v) is 3.11. The normalized spacial score (nSPS) is 9.77. The number of halogens is 1. The zero-order valence-corrected chi connectivity index (χ0v) is 8.18. The number of ether oxygens (including phenoxy) is 1. The minimum Gasteiger partial charge on any atom is -0.465 e. The molecule has 2 N–H and O–H groups in total. The van der Waals surface area contributed by atoms with E-state index in [9.17, 15) is 4.79 Å². The monoisotopic (exact) mass is 199 g/mol. The van der Waals surface area contributed by atoms with Crippen LogP contribution in [-0.2, 0) is 4.74 Å². The van der Waals surface area contributed by atoms with Gasteiger partial charge in [0.05, 0.1) is 23.4 Å². The van der Waals surface area contributed by atoms with Crippen molar-refractivity contribution >= 4 is 23.3 Å². The van der Waals surface area contributed by atoms with Crippen LogP contribution in [0.4, 0.5) is 5.69 Å². The number of hydrogen-bond donors (Lipinski definition) is 1. The van der Waals surface area contributed by atoms with Gasteiger partial charge in [-0.25, -0.2) is 4.79 Å². The van der Waals surface area contributed by atoms with Crippen LogP contribution in [0.1, 0.15) is 15.9 Å². The van der Waals surface area contributed by atoms with Crippen molar-refractivity contribution in [3.05, 3.63) is 28.3 Å². The quantitative estimate of drug-likeness (QED) is 0.556. The first-order chi connectivity index (χ1) is 6.06. The summed E-state index contributed by atoms with van der Waals surface area (Å²) in [7, 11) is 1.30. The SMILES string of the molecule is COC(=O)c1cc(C)cc(Cl)c1N. The maximum absolute atomic E-state index is 11.2. The van der Waals surface area contributed by atoms with Gasteiger partial charge in [0.15, 0.2) is 0 Å². The van der Waals surface area contributed by atoms with E-state index < -0.39 is 5.97 Å². The molecule has 3 nitrogen and oxygen atoms in total. The van der Waals surface area contributed by atoms with Crippen molar-refractivity contribution < 1.29 is 9.53 Å². The summed E-state index contributed by atoms with van der Waals surface area (Å²) in [5.41, 5.74) is 7.05.